The first-order valence-corrected chi connectivity index (χ1v) is 10.1. The van der Waals surface area contributed by atoms with E-state index < -0.39 is 16.2 Å². The molecular formula is C17H22N6O6S. The number of ether oxygens (including phenoxy) is 2. The maximum Gasteiger partial charge on any atom is 0.336 e. The molecule has 3 amide bonds. The minimum absolute atomic E-state index is 0.0161. The Morgan fingerprint density at radius 1 is 1.10 bits per heavy atom. The summed E-state index contributed by atoms with van der Waals surface area (Å²) in [5, 5.41) is 2.17. The van der Waals surface area contributed by atoms with Gasteiger partial charge < -0.3 is 14.4 Å². The number of urea groups is 1. The number of hydrogen-bond acceptors (Lipinski definition) is 8. The zero-order chi connectivity index (χ0) is 22.3. The van der Waals surface area contributed by atoms with Gasteiger partial charge in [0.25, 0.3) is 5.91 Å². The molecule has 0 aliphatic heterocycles. The highest BCUT2D eigenvalue weighted by Crippen LogP contribution is 2.19. The molecule has 12 nitrogen and oxygen atoms in total. The summed E-state index contributed by atoms with van der Waals surface area (Å²) in [5.41, 5.74) is 0.149. The van der Waals surface area contributed by atoms with Crippen molar-refractivity contribution in [1.29, 1.82) is 0 Å². The number of nitrogens with zero attached hydrogens (tertiary/aromatic N) is 3. The number of nitrogens with one attached hydrogen (secondary N) is 3. The van der Waals surface area contributed by atoms with Crippen molar-refractivity contribution in [3.05, 3.63) is 35.9 Å². The van der Waals surface area contributed by atoms with Crippen LogP contribution in [0.15, 0.2) is 30.3 Å². The fourth-order valence-corrected chi connectivity index (χ4v) is 3.01. The van der Waals surface area contributed by atoms with E-state index in [4.69, 9.17) is 9.47 Å². The Labute approximate surface area is 173 Å². The molecule has 1 aromatic heterocycles. The zero-order valence-electron chi connectivity index (χ0n) is 16.8. The summed E-state index contributed by atoms with van der Waals surface area (Å²) < 4.78 is 38.6. The highest BCUT2D eigenvalue weighted by molar-refractivity contribution is 7.91. The lowest BCUT2D eigenvalue weighted by Gasteiger charge is -2.18. The van der Waals surface area contributed by atoms with E-state index in [0.29, 0.717) is 6.54 Å². The number of anilines is 2. The maximum absolute atomic E-state index is 12.4. The van der Waals surface area contributed by atoms with E-state index in [2.05, 4.69) is 20.0 Å². The van der Waals surface area contributed by atoms with E-state index in [9.17, 15) is 18.0 Å². The summed E-state index contributed by atoms with van der Waals surface area (Å²) in [5.74, 6) is -0.410. The van der Waals surface area contributed by atoms with Crippen molar-refractivity contribution in [3.8, 4) is 11.8 Å². The molecular weight excluding hydrogens is 416 g/mol. The molecule has 0 saturated carbocycles. The Kier molecular flexibility index (Phi) is 7.36. The zero-order valence-corrected chi connectivity index (χ0v) is 17.6. The third-order valence-corrected chi connectivity index (χ3v) is 4.72. The van der Waals surface area contributed by atoms with Gasteiger partial charge in [-0.1, -0.05) is 12.1 Å². The van der Waals surface area contributed by atoms with Gasteiger partial charge in [0.05, 0.1) is 31.5 Å². The minimum atomic E-state index is -4.37. The van der Waals surface area contributed by atoms with Gasteiger partial charge in [0, 0.05) is 13.6 Å². The largest absolute Gasteiger partial charge is 0.481 e. The number of benzene rings is 1. The van der Waals surface area contributed by atoms with Gasteiger partial charge in [-0.2, -0.15) is 18.4 Å². The first-order chi connectivity index (χ1) is 14.2. The molecule has 2 rings (SSSR count). The molecule has 0 atom stereocenters. The summed E-state index contributed by atoms with van der Waals surface area (Å²) >= 11 is 0. The lowest BCUT2D eigenvalue weighted by atomic mass is 10.1. The van der Waals surface area contributed by atoms with Crippen LogP contribution in [0.1, 0.15) is 17.3 Å². The second-order valence-corrected chi connectivity index (χ2v) is 7.22. The number of para-hydroxylation sites is 1. The van der Waals surface area contributed by atoms with Crippen molar-refractivity contribution in [2.75, 3.05) is 37.9 Å². The van der Waals surface area contributed by atoms with Crippen molar-refractivity contribution >= 4 is 33.8 Å². The van der Waals surface area contributed by atoms with Crippen LogP contribution in [-0.2, 0) is 10.2 Å². The van der Waals surface area contributed by atoms with Crippen molar-refractivity contribution < 1.29 is 27.5 Å². The Bertz CT molecular complexity index is 1010. The molecule has 0 bridgehead atoms. The molecule has 162 valence electrons. The van der Waals surface area contributed by atoms with E-state index in [0.717, 1.165) is 0 Å². The van der Waals surface area contributed by atoms with Crippen LogP contribution in [0.5, 0.6) is 11.8 Å². The Morgan fingerprint density at radius 2 is 1.70 bits per heavy atom. The molecule has 3 N–H and O–H groups in total. The Balaban J connectivity index is 2.15. The second kappa shape index (κ2) is 9.73. The summed E-state index contributed by atoms with van der Waals surface area (Å²) in [6, 6.07) is 6.28. The van der Waals surface area contributed by atoms with Gasteiger partial charge in [0.15, 0.2) is 0 Å². The van der Waals surface area contributed by atoms with Crippen molar-refractivity contribution in [3.63, 3.8) is 0 Å². The molecule has 0 fully saturated rings. The van der Waals surface area contributed by atoms with Gasteiger partial charge in [-0.3, -0.25) is 14.8 Å². The number of carbonyl (C=O) groups excluding carboxylic acids is 2. The van der Waals surface area contributed by atoms with Crippen LogP contribution in [0.2, 0.25) is 0 Å². The molecule has 0 saturated heterocycles. The van der Waals surface area contributed by atoms with Crippen molar-refractivity contribution in [1.82, 2.24) is 19.6 Å². The number of rotatable bonds is 8. The predicted octanol–water partition coefficient (Wildman–Crippen LogP) is 1.06. The molecule has 0 spiro atoms. The third-order valence-electron chi connectivity index (χ3n) is 3.77. The van der Waals surface area contributed by atoms with Gasteiger partial charge in [-0.25, -0.2) is 9.52 Å². The second-order valence-electron chi connectivity index (χ2n) is 5.80. The Morgan fingerprint density at radius 3 is 2.27 bits per heavy atom. The highest BCUT2D eigenvalue weighted by atomic mass is 32.2. The van der Waals surface area contributed by atoms with Crippen LogP contribution < -0.4 is 24.2 Å². The Hall–Kier alpha value is -3.61. The summed E-state index contributed by atoms with van der Waals surface area (Å²) in [7, 11) is -0.0779. The lowest BCUT2D eigenvalue weighted by Crippen LogP contribution is -2.39. The molecule has 30 heavy (non-hydrogen) atoms. The normalized spacial score (nSPS) is 10.7. The average molecular weight is 438 g/mol. The quantitative estimate of drug-likeness (QED) is 0.553. The van der Waals surface area contributed by atoms with E-state index in [1.54, 1.807) is 30.8 Å². The van der Waals surface area contributed by atoms with Crippen molar-refractivity contribution in [2.45, 2.75) is 6.92 Å². The van der Waals surface area contributed by atoms with Crippen LogP contribution in [0.4, 0.5) is 16.4 Å². The predicted molar refractivity (Wildman–Crippen MR) is 109 cm³/mol. The van der Waals surface area contributed by atoms with E-state index >= 15 is 0 Å². The van der Waals surface area contributed by atoms with Gasteiger partial charge in [-0.05, 0) is 19.1 Å². The first-order valence-electron chi connectivity index (χ1n) is 8.62. The molecule has 0 radical (unpaired) electrons. The fraction of sp³-hybridized carbons (Fsp3) is 0.294. The average Bonchev–Trinajstić information content (AvgIpc) is 2.71. The SMILES string of the molecule is CCN(C)C(=O)c1ccccc1NS(=O)(=O)NC(=O)Nc1nc(OC)cc(OC)n1. The molecule has 0 aliphatic rings. The van der Waals surface area contributed by atoms with Crippen molar-refractivity contribution in [2.24, 2.45) is 0 Å². The van der Waals surface area contributed by atoms with Crippen LogP contribution in [-0.4, -0.2) is 63.0 Å². The smallest absolute Gasteiger partial charge is 0.336 e. The van der Waals surface area contributed by atoms with E-state index in [-0.39, 0.29) is 34.9 Å². The number of hydrogen-bond donors (Lipinski definition) is 3. The summed E-state index contributed by atoms with van der Waals surface area (Å²) in [4.78, 5) is 33.7. The molecule has 13 heteroatoms. The van der Waals surface area contributed by atoms with Crippen LogP contribution in [0.25, 0.3) is 0 Å². The molecule has 1 heterocycles. The monoisotopic (exact) mass is 438 g/mol. The number of aromatic nitrogens is 2. The highest BCUT2D eigenvalue weighted by Gasteiger charge is 2.20. The first kappa shape index (κ1) is 22.7. The van der Waals surface area contributed by atoms with Gasteiger partial charge in [-0.15, -0.1) is 0 Å². The minimum Gasteiger partial charge on any atom is -0.481 e. The van der Waals surface area contributed by atoms with Gasteiger partial charge in [0.1, 0.15) is 0 Å². The summed E-state index contributed by atoms with van der Waals surface area (Å²) in [6.07, 6.45) is 0. The maximum atomic E-state index is 12.4. The van der Waals surface area contributed by atoms with E-state index in [1.165, 1.54) is 37.3 Å². The number of methoxy groups -OCH3 is 2. The molecule has 0 unspecified atom stereocenters. The standard InChI is InChI=1S/C17H22N6O6S/c1-5-23(2)15(24)11-8-6-7-9-12(11)21-30(26,27)22-17(25)20-16-18-13(28-3)10-14(19-16)29-4/h6-10,21H,5H2,1-4H3,(H2,18,19,20,22,25). The molecule has 1 aromatic carbocycles. The molecule has 2 aromatic rings. The topological polar surface area (TPSA) is 152 Å². The molecule has 0 aliphatic carbocycles. The fourth-order valence-electron chi connectivity index (χ4n) is 2.20. The van der Waals surface area contributed by atoms with Gasteiger partial charge >= 0.3 is 16.2 Å². The lowest BCUT2D eigenvalue weighted by molar-refractivity contribution is 0.0803. The van der Waals surface area contributed by atoms with Gasteiger partial charge in [0.2, 0.25) is 17.7 Å². The third kappa shape index (κ3) is 5.94. The summed E-state index contributed by atoms with van der Waals surface area (Å²) in [6.45, 7) is 2.22. The number of carbonyl (C=O) groups is 2. The van der Waals surface area contributed by atoms with Crippen LogP contribution in [0, 0.1) is 0 Å². The number of amides is 3. The van der Waals surface area contributed by atoms with Crippen LogP contribution >= 0.6 is 0 Å². The van der Waals surface area contributed by atoms with Crippen LogP contribution in [0.3, 0.4) is 0 Å². The van der Waals surface area contributed by atoms with E-state index in [1.807, 2.05) is 0 Å².